The van der Waals surface area contributed by atoms with E-state index in [-0.39, 0.29) is 35.1 Å². The highest BCUT2D eigenvalue weighted by molar-refractivity contribution is 5.97. The van der Waals surface area contributed by atoms with E-state index >= 15 is 0 Å². The lowest BCUT2D eigenvalue weighted by molar-refractivity contribution is -0.117. The van der Waals surface area contributed by atoms with Crippen LogP contribution >= 0.6 is 0 Å². The summed E-state index contributed by atoms with van der Waals surface area (Å²) in [4.78, 5) is 21.0. The highest BCUT2D eigenvalue weighted by atomic mass is 16.6. The summed E-state index contributed by atoms with van der Waals surface area (Å²) in [7, 11) is 0. The fraction of sp³-hybridized carbons (Fsp3) is 0.375. The van der Waals surface area contributed by atoms with Crippen molar-refractivity contribution in [3.05, 3.63) is 47.4 Å². The lowest BCUT2D eigenvalue weighted by Crippen LogP contribution is -2.21. The molecule has 1 unspecified atom stereocenters. The summed E-state index contributed by atoms with van der Waals surface area (Å²) in [6.07, 6.45) is 3.86. The Morgan fingerprint density at radius 1 is 1.21 bits per heavy atom. The van der Waals surface area contributed by atoms with Crippen molar-refractivity contribution in [2.24, 2.45) is 11.8 Å². The van der Waals surface area contributed by atoms with E-state index in [0.717, 1.165) is 12.0 Å². The molecule has 0 radical (unpaired) electrons. The molecule has 1 saturated heterocycles. The van der Waals surface area contributed by atoms with Crippen LogP contribution in [-0.2, 0) is 14.3 Å². The third kappa shape index (κ3) is 4.62. The van der Waals surface area contributed by atoms with E-state index in [0.29, 0.717) is 42.4 Å². The molecule has 2 aliphatic rings. The van der Waals surface area contributed by atoms with Gasteiger partial charge in [-0.15, -0.1) is 10.2 Å². The van der Waals surface area contributed by atoms with Crippen molar-refractivity contribution in [1.29, 1.82) is 0 Å². The smallest absolute Gasteiger partial charge is 0.228 e. The predicted molar refractivity (Wildman–Crippen MR) is 123 cm³/mol. The fourth-order valence-corrected chi connectivity index (χ4v) is 3.67. The molecule has 0 bridgehead atoms. The van der Waals surface area contributed by atoms with Crippen molar-refractivity contribution >= 4 is 28.4 Å². The highest BCUT2D eigenvalue weighted by Gasteiger charge is 2.39. The van der Waals surface area contributed by atoms with Crippen LogP contribution in [0.1, 0.15) is 40.4 Å². The zero-order valence-electron chi connectivity index (χ0n) is 21.0. The maximum atomic E-state index is 12.4. The number of nitrogens with zero attached hydrogens (tertiary/aromatic N) is 4. The molecule has 3 atom stereocenters. The number of pyridine rings is 2. The van der Waals surface area contributed by atoms with Crippen molar-refractivity contribution in [1.82, 2.24) is 20.2 Å². The third-order valence-electron chi connectivity index (χ3n) is 5.75. The van der Waals surface area contributed by atoms with Crippen molar-refractivity contribution in [3.8, 4) is 11.8 Å². The molecule has 0 spiro atoms. The van der Waals surface area contributed by atoms with Crippen LogP contribution in [0.15, 0.2) is 30.6 Å². The average Bonchev–Trinajstić information content (AvgIpc) is 3.60. The lowest BCUT2D eigenvalue weighted by atomic mass is 10.1. The van der Waals surface area contributed by atoms with Gasteiger partial charge in [0.05, 0.1) is 25.4 Å². The summed E-state index contributed by atoms with van der Waals surface area (Å²) >= 11 is 0. The van der Waals surface area contributed by atoms with Gasteiger partial charge in [0.2, 0.25) is 5.91 Å². The molecule has 9 heteroatoms. The van der Waals surface area contributed by atoms with Crippen molar-refractivity contribution in [3.63, 3.8) is 0 Å². The Hall–Kier alpha value is -3.61. The molecule has 3 aromatic rings. The van der Waals surface area contributed by atoms with Crippen LogP contribution < -0.4 is 10.6 Å². The number of carbonyl (C=O) groups is 1. The summed E-state index contributed by atoms with van der Waals surface area (Å²) < 4.78 is 33.7. The Morgan fingerprint density at radius 2 is 2.12 bits per heavy atom. The summed E-state index contributed by atoms with van der Waals surface area (Å²) in [5.41, 5.74) is 2.16. The number of aromatic nitrogens is 4. The van der Waals surface area contributed by atoms with E-state index in [2.05, 4.69) is 42.6 Å². The zero-order chi connectivity index (χ0) is 25.3. The summed E-state index contributed by atoms with van der Waals surface area (Å²) in [6, 6.07) is 5.32. The number of rotatable bonds is 4. The molecular formula is C24H24N6O3. The molecule has 5 rings (SSSR count). The minimum Gasteiger partial charge on any atom is -0.376 e. The van der Waals surface area contributed by atoms with Gasteiger partial charge in [0.1, 0.15) is 17.3 Å². The Bertz CT molecular complexity index is 1350. The van der Waals surface area contributed by atoms with Gasteiger partial charge in [-0.25, -0.2) is 9.97 Å². The van der Waals surface area contributed by atoms with Gasteiger partial charge in [-0.3, -0.25) is 4.79 Å². The van der Waals surface area contributed by atoms with E-state index in [1.54, 1.807) is 18.3 Å². The molecule has 0 aromatic carbocycles. The molecule has 33 heavy (non-hydrogen) atoms. The second-order valence-corrected chi connectivity index (χ2v) is 8.11. The van der Waals surface area contributed by atoms with Gasteiger partial charge < -0.3 is 20.1 Å². The second-order valence-electron chi connectivity index (χ2n) is 8.11. The standard InChI is InChI=1S/C24H24N6O3/c1-14-9-18(14)24(31)28-21-10-19-15(11-27-23(25-2)22(19)30-29-21)3-5-17-6-4-16(12-26-17)20-13-32-7-8-33-20/h4,6,10-12,14,18,20H,7-9,13H2,1-2H3,(H,25,27)(H,28,29,31)/t14-,18+,20?/m1/s1/i2D3. The van der Waals surface area contributed by atoms with Crippen molar-refractivity contribution in [2.45, 2.75) is 19.4 Å². The molecular weight excluding hydrogens is 420 g/mol. The van der Waals surface area contributed by atoms with Gasteiger partial charge >= 0.3 is 0 Å². The first kappa shape index (κ1) is 17.9. The predicted octanol–water partition coefficient (Wildman–Crippen LogP) is 2.54. The average molecular weight is 448 g/mol. The lowest BCUT2D eigenvalue weighted by Gasteiger charge is -2.22. The summed E-state index contributed by atoms with van der Waals surface area (Å²) in [5, 5.41) is 13.9. The molecule has 1 aliphatic carbocycles. The van der Waals surface area contributed by atoms with Gasteiger partial charge in [-0.1, -0.05) is 18.9 Å². The van der Waals surface area contributed by atoms with E-state index in [1.807, 2.05) is 13.0 Å². The van der Waals surface area contributed by atoms with Crippen LogP contribution in [0, 0.1) is 23.7 Å². The number of ether oxygens (including phenoxy) is 2. The number of carbonyl (C=O) groups excluding carboxylic acids is 1. The normalized spacial score (nSPS) is 23.4. The number of anilines is 2. The molecule has 9 nitrogen and oxygen atoms in total. The SMILES string of the molecule is [2H]C([2H])([2H])Nc1ncc(C#Cc2ccc(C3COCCO3)cn2)c2cc(NC(=O)[C@H]3C[C@H]3C)nnc12. The van der Waals surface area contributed by atoms with Crippen LogP contribution in [0.5, 0.6) is 0 Å². The third-order valence-corrected chi connectivity index (χ3v) is 5.75. The maximum Gasteiger partial charge on any atom is 0.228 e. The number of nitrogens with one attached hydrogen (secondary N) is 2. The van der Waals surface area contributed by atoms with Crippen molar-refractivity contribution < 1.29 is 18.4 Å². The largest absolute Gasteiger partial charge is 0.376 e. The van der Waals surface area contributed by atoms with Crippen LogP contribution in [0.3, 0.4) is 0 Å². The summed E-state index contributed by atoms with van der Waals surface area (Å²) in [5.74, 6) is 6.54. The first-order valence-electron chi connectivity index (χ1n) is 12.2. The van der Waals surface area contributed by atoms with Crippen LogP contribution in [-0.4, -0.2) is 52.9 Å². The maximum absolute atomic E-state index is 12.4. The van der Waals surface area contributed by atoms with E-state index < -0.39 is 6.98 Å². The highest BCUT2D eigenvalue weighted by Crippen LogP contribution is 2.38. The van der Waals surface area contributed by atoms with Gasteiger partial charge in [0.25, 0.3) is 0 Å². The number of fused-ring (bicyclic) bond motifs is 1. The topological polar surface area (TPSA) is 111 Å². The molecule has 3 aromatic heterocycles. The molecule has 4 heterocycles. The van der Waals surface area contributed by atoms with Gasteiger partial charge in [-0.05, 0) is 30.4 Å². The van der Waals surface area contributed by atoms with Gasteiger partial charge in [-0.2, -0.15) is 0 Å². The van der Waals surface area contributed by atoms with Crippen molar-refractivity contribution in [2.75, 3.05) is 37.4 Å². The van der Waals surface area contributed by atoms with E-state index in [1.165, 1.54) is 6.20 Å². The Labute approximate surface area is 195 Å². The van der Waals surface area contributed by atoms with E-state index in [9.17, 15) is 4.79 Å². The minimum atomic E-state index is -2.47. The Morgan fingerprint density at radius 3 is 2.85 bits per heavy atom. The first-order valence-corrected chi connectivity index (χ1v) is 10.7. The summed E-state index contributed by atoms with van der Waals surface area (Å²) in [6.45, 7) is 1.16. The quantitative estimate of drug-likeness (QED) is 0.587. The second kappa shape index (κ2) is 9.10. The number of amides is 1. The monoisotopic (exact) mass is 447 g/mol. The minimum absolute atomic E-state index is 0.0356. The molecule has 2 fully saturated rings. The Balaban J connectivity index is 1.45. The number of hydrogen-bond donors (Lipinski definition) is 2. The zero-order valence-corrected chi connectivity index (χ0v) is 18.0. The Kier molecular flexibility index (Phi) is 4.93. The van der Waals surface area contributed by atoms with Gasteiger partial charge in [0.15, 0.2) is 11.6 Å². The molecule has 1 saturated carbocycles. The van der Waals surface area contributed by atoms with E-state index in [4.69, 9.17) is 13.6 Å². The molecule has 1 aliphatic heterocycles. The van der Waals surface area contributed by atoms with Crippen LogP contribution in [0.2, 0.25) is 0 Å². The molecule has 2 N–H and O–H groups in total. The molecule has 168 valence electrons. The fourth-order valence-electron chi connectivity index (χ4n) is 3.67. The van der Waals surface area contributed by atoms with Crippen LogP contribution in [0.25, 0.3) is 10.9 Å². The van der Waals surface area contributed by atoms with Gasteiger partial charge in [0, 0.05) is 40.3 Å². The number of hydrogen-bond acceptors (Lipinski definition) is 8. The molecule has 1 amide bonds. The first-order chi connectivity index (χ1) is 17.3. The van der Waals surface area contributed by atoms with Crippen LogP contribution in [0.4, 0.5) is 11.6 Å².